The lowest BCUT2D eigenvalue weighted by molar-refractivity contribution is 0.564. The highest BCUT2D eigenvalue weighted by atomic mass is 14.2. The molecule has 0 spiro atoms. The zero-order valence-corrected chi connectivity index (χ0v) is 10.8. The molecule has 15 heavy (non-hydrogen) atoms. The van der Waals surface area contributed by atoms with Crippen molar-refractivity contribution in [2.45, 2.75) is 58.8 Å². The Balaban J connectivity index is 3.06. The van der Waals surface area contributed by atoms with Crippen LogP contribution in [0.5, 0.6) is 0 Å². The second-order valence-electron chi connectivity index (χ2n) is 5.53. The molecular weight excluding hydrogens is 180 g/mol. The zero-order valence-electron chi connectivity index (χ0n) is 10.8. The van der Waals surface area contributed by atoms with Gasteiger partial charge in [0.25, 0.3) is 0 Å². The summed E-state index contributed by atoms with van der Waals surface area (Å²) in [5, 5.41) is 0. The molecule has 0 N–H and O–H groups in total. The minimum absolute atomic E-state index is 0.262. The maximum atomic E-state index is 2.34. The molecule has 0 aliphatic rings. The van der Waals surface area contributed by atoms with E-state index < -0.39 is 0 Å². The predicted molar refractivity (Wildman–Crippen MR) is 68.5 cm³/mol. The molecule has 1 atom stereocenters. The lowest BCUT2D eigenvalue weighted by Crippen LogP contribution is -2.15. The van der Waals surface area contributed by atoms with Gasteiger partial charge in [-0.1, -0.05) is 65.3 Å². The first kappa shape index (κ1) is 12.3. The van der Waals surface area contributed by atoms with E-state index in [2.05, 4.69) is 58.9 Å². The molecule has 0 heteroatoms. The van der Waals surface area contributed by atoms with E-state index in [9.17, 15) is 0 Å². The van der Waals surface area contributed by atoms with Crippen molar-refractivity contribution in [2.24, 2.45) is 0 Å². The minimum atomic E-state index is 0.262. The molecule has 1 rings (SSSR count). The Morgan fingerprint density at radius 2 is 1.73 bits per heavy atom. The van der Waals surface area contributed by atoms with E-state index >= 15 is 0 Å². The average molecular weight is 204 g/mol. The Kier molecular flexibility index (Phi) is 3.96. The van der Waals surface area contributed by atoms with Crippen molar-refractivity contribution >= 4 is 0 Å². The molecule has 1 aromatic carbocycles. The molecule has 0 fully saturated rings. The first-order valence-electron chi connectivity index (χ1n) is 6.06. The zero-order chi connectivity index (χ0) is 11.5. The fraction of sp³-hybridized carbons (Fsp3) is 0.600. The minimum Gasteiger partial charge on any atom is -0.0654 e. The molecular formula is C15H24. The summed E-state index contributed by atoms with van der Waals surface area (Å²) in [6.45, 7) is 11.5. The van der Waals surface area contributed by atoms with E-state index in [1.165, 1.54) is 24.0 Å². The third-order valence-corrected chi connectivity index (χ3v) is 3.02. The Morgan fingerprint density at radius 3 is 2.27 bits per heavy atom. The smallest absolute Gasteiger partial charge is 0.0129 e. The second-order valence-corrected chi connectivity index (χ2v) is 5.53. The van der Waals surface area contributed by atoms with Crippen molar-refractivity contribution in [3.63, 3.8) is 0 Å². The summed E-state index contributed by atoms with van der Waals surface area (Å²) in [4.78, 5) is 0. The fourth-order valence-corrected chi connectivity index (χ4v) is 2.20. The van der Waals surface area contributed by atoms with E-state index in [-0.39, 0.29) is 5.41 Å². The first-order valence-corrected chi connectivity index (χ1v) is 6.06. The summed E-state index contributed by atoms with van der Waals surface area (Å²) in [6, 6.07) is 8.89. The van der Waals surface area contributed by atoms with Crippen molar-refractivity contribution in [3.8, 4) is 0 Å². The molecule has 0 aliphatic heterocycles. The van der Waals surface area contributed by atoms with Crippen LogP contribution >= 0.6 is 0 Å². The lowest BCUT2D eigenvalue weighted by Gasteiger charge is -2.25. The van der Waals surface area contributed by atoms with Crippen LogP contribution in [-0.4, -0.2) is 0 Å². The SMILES string of the molecule is CCCC(C)c1ccccc1C(C)(C)C. The van der Waals surface area contributed by atoms with Crippen molar-refractivity contribution in [1.29, 1.82) is 0 Å². The Labute approximate surface area is 94.7 Å². The van der Waals surface area contributed by atoms with Gasteiger partial charge in [0.1, 0.15) is 0 Å². The van der Waals surface area contributed by atoms with Gasteiger partial charge in [-0.2, -0.15) is 0 Å². The van der Waals surface area contributed by atoms with Crippen molar-refractivity contribution in [3.05, 3.63) is 35.4 Å². The summed E-state index contributed by atoms with van der Waals surface area (Å²) in [6.07, 6.45) is 2.55. The van der Waals surface area contributed by atoms with Crippen LogP contribution in [0.1, 0.15) is 64.5 Å². The van der Waals surface area contributed by atoms with Gasteiger partial charge >= 0.3 is 0 Å². The maximum absolute atomic E-state index is 2.34. The summed E-state index contributed by atoms with van der Waals surface area (Å²) in [5.41, 5.74) is 3.30. The highest BCUT2D eigenvalue weighted by molar-refractivity contribution is 5.35. The van der Waals surface area contributed by atoms with E-state index in [1.807, 2.05) is 0 Å². The van der Waals surface area contributed by atoms with Crippen LogP contribution in [0.25, 0.3) is 0 Å². The fourth-order valence-electron chi connectivity index (χ4n) is 2.20. The van der Waals surface area contributed by atoms with Crippen LogP contribution in [0.15, 0.2) is 24.3 Å². The molecule has 0 nitrogen and oxygen atoms in total. The highest BCUT2D eigenvalue weighted by Gasteiger charge is 2.19. The Bertz CT molecular complexity index is 304. The standard InChI is InChI=1S/C15H24/c1-6-9-12(2)13-10-7-8-11-14(13)15(3,4)5/h7-8,10-12H,6,9H2,1-5H3. The third kappa shape index (κ3) is 3.09. The lowest BCUT2D eigenvalue weighted by atomic mass is 9.79. The normalized spacial score (nSPS) is 13.9. The van der Waals surface area contributed by atoms with Crippen LogP contribution in [-0.2, 0) is 5.41 Å². The first-order chi connectivity index (χ1) is 6.96. The highest BCUT2D eigenvalue weighted by Crippen LogP contribution is 2.32. The molecule has 0 amide bonds. The number of hydrogen-bond acceptors (Lipinski definition) is 0. The molecule has 0 heterocycles. The monoisotopic (exact) mass is 204 g/mol. The number of hydrogen-bond donors (Lipinski definition) is 0. The molecule has 0 aliphatic carbocycles. The van der Waals surface area contributed by atoms with E-state index in [1.54, 1.807) is 0 Å². The second kappa shape index (κ2) is 4.83. The van der Waals surface area contributed by atoms with Crippen molar-refractivity contribution < 1.29 is 0 Å². The Morgan fingerprint density at radius 1 is 1.13 bits per heavy atom. The van der Waals surface area contributed by atoms with Crippen LogP contribution in [0.4, 0.5) is 0 Å². The molecule has 0 radical (unpaired) electrons. The van der Waals surface area contributed by atoms with Crippen LogP contribution in [0.3, 0.4) is 0 Å². The van der Waals surface area contributed by atoms with Crippen LogP contribution in [0.2, 0.25) is 0 Å². The molecule has 0 saturated carbocycles. The Hall–Kier alpha value is -0.780. The van der Waals surface area contributed by atoms with E-state index in [4.69, 9.17) is 0 Å². The summed E-state index contributed by atoms with van der Waals surface area (Å²) >= 11 is 0. The molecule has 1 unspecified atom stereocenters. The van der Waals surface area contributed by atoms with Crippen molar-refractivity contribution in [2.75, 3.05) is 0 Å². The molecule has 0 bridgehead atoms. The van der Waals surface area contributed by atoms with Gasteiger partial charge < -0.3 is 0 Å². The third-order valence-electron chi connectivity index (χ3n) is 3.02. The summed E-state index contributed by atoms with van der Waals surface area (Å²) in [7, 11) is 0. The average Bonchev–Trinajstić information content (AvgIpc) is 2.17. The number of benzene rings is 1. The van der Waals surface area contributed by atoms with Crippen molar-refractivity contribution in [1.82, 2.24) is 0 Å². The van der Waals surface area contributed by atoms with Crippen LogP contribution < -0.4 is 0 Å². The van der Waals surface area contributed by atoms with Gasteiger partial charge in [0.15, 0.2) is 0 Å². The van der Waals surface area contributed by atoms with E-state index in [0.717, 1.165) is 0 Å². The van der Waals surface area contributed by atoms with Gasteiger partial charge in [0.05, 0.1) is 0 Å². The quantitative estimate of drug-likeness (QED) is 0.657. The van der Waals surface area contributed by atoms with Gasteiger partial charge in [0.2, 0.25) is 0 Å². The number of rotatable bonds is 3. The molecule has 1 aromatic rings. The topological polar surface area (TPSA) is 0 Å². The van der Waals surface area contributed by atoms with Gasteiger partial charge in [-0.15, -0.1) is 0 Å². The van der Waals surface area contributed by atoms with Gasteiger partial charge in [-0.3, -0.25) is 0 Å². The van der Waals surface area contributed by atoms with Gasteiger partial charge in [-0.25, -0.2) is 0 Å². The summed E-state index contributed by atoms with van der Waals surface area (Å²) < 4.78 is 0. The largest absolute Gasteiger partial charge is 0.0654 e. The van der Waals surface area contributed by atoms with Crippen LogP contribution in [0, 0.1) is 0 Å². The molecule has 0 aromatic heterocycles. The summed E-state index contributed by atoms with van der Waals surface area (Å²) in [5.74, 6) is 0.686. The predicted octanol–water partition coefficient (Wildman–Crippen LogP) is 4.89. The van der Waals surface area contributed by atoms with Gasteiger partial charge in [-0.05, 0) is 28.9 Å². The van der Waals surface area contributed by atoms with E-state index in [0.29, 0.717) is 5.92 Å². The maximum Gasteiger partial charge on any atom is -0.0129 e. The molecule has 0 saturated heterocycles. The molecule has 84 valence electrons. The van der Waals surface area contributed by atoms with Gasteiger partial charge in [0, 0.05) is 0 Å².